The van der Waals surface area contributed by atoms with E-state index in [4.69, 9.17) is 9.47 Å². The van der Waals surface area contributed by atoms with E-state index in [-0.39, 0.29) is 5.60 Å². The summed E-state index contributed by atoms with van der Waals surface area (Å²) in [5.74, 6) is 2.61. The Labute approximate surface area is 86.8 Å². The van der Waals surface area contributed by atoms with E-state index in [9.17, 15) is 0 Å². The van der Waals surface area contributed by atoms with Crippen molar-refractivity contribution in [3.8, 4) is 0 Å². The highest BCUT2D eigenvalue weighted by molar-refractivity contribution is 6.11. The fourth-order valence-corrected chi connectivity index (χ4v) is 4.34. The van der Waals surface area contributed by atoms with Crippen molar-refractivity contribution in [1.82, 2.24) is 0 Å². The summed E-state index contributed by atoms with van der Waals surface area (Å²) in [6, 6.07) is 0.473. The van der Waals surface area contributed by atoms with Gasteiger partial charge in [0.25, 0.3) is 0 Å². The van der Waals surface area contributed by atoms with E-state index in [1.165, 1.54) is 25.7 Å². The second-order valence-electron chi connectivity index (χ2n) is 5.41. The maximum atomic E-state index is 6.18. The molecule has 2 aliphatic carbocycles. The molecule has 1 saturated heterocycles. The lowest BCUT2D eigenvalue weighted by Gasteiger charge is -2.53. The molecule has 0 N–H and O–H groups in total. The van der Waals surface area contributed by atoms with Gasteiger partial charge in [-0.15, -0.1) is 0 Å². The predicted molar refractivity (Wildman–Crippen MR) is 57.0 cm³/mol. The molecule has 2 nitrogen and oxygen atoms in total. The van der Waals surface area contributed by atoms with Crippen molar-refractivity contribution in [2.75, 3.05) is 13.7 Å². The minimum atomic E-state index is 0.129. The summed E-state index contributed by atoms with van der Waals surface area (Å²) >= 11 is 0. The van der Waals surface area contributed by atoms with E-state index in [2.05, 4.69) is 7.85 Å². The first-order valence-corrected chi connectivity index (χ1v) is 5.93. The normalized spacial score (nSPS) is 55.2. The van der Waals surface area contributed by atoms with E-state index in [0.29, 0.717) is 6.00 Å². The number of methoxy groups -OCH3 is 1. The lowest BCUT2D eigenvalue weighted by molar-refractivity contribution is -0.165. The fraction of sp³-hybridized carbons (Fsp3) is 1.00. The first-order valence-electron chi connectivity index (χ1n) is 5.93. The molecule has 0 spiro atoms. The van der Waals surface area contributed by atoms with Gasteiger partial charge in [0.1, 0.15) is 7.85 Å². The Kier molecular flexibility index (Phi) is 1.97. The monoisotopic (exact) mass is 194 g/mol. The van der Waals surface area contributed by atoms with Gasteiger partial charge < -0.3 is 9.47 Å². The smallest absolute Gasteiger partial charge is 0.139 e. The van der Waals surface area contributed by atoms with Crippen LogP contribution in [0.3, 0.4) is 0 Å². The first kappa shape index (κ1) is 9.23. The molecule has 0 aromatic heterocycles. The average molecular weight is 194 g/mol. The quantitative estimate of drug-likeness (QED) is 0.605. The highest BCUT2D eigenvalue weighted by Crippen LogP contribution is 2.61. The Morgan fingerprint density at radius 2 is 2.36 bits per heavy atom. The molecule has 3 aliphatic rings. The fourth-order valence-electron chi connectivity index (χ4n) is 4.34. The van der Waals surface area contributed by atoms with Gasteiger partial charge in [-0.2, -0.15) is 0 Å². The Morgan fingerprint density at radius 1 is 1.50 bits per heavy atom. The number of rotatable bonds is 2. The van der Waals surface area contributed by atoms with Crippen LogP contribution in [0.15, 0.2) is 0 Å². The van der Waals surface area contributed by atoms with Crippen LogP contribution in [0.2, 0.25) is 0 Å². The van der Waals surface area contributed by atoms with Crippen molar-refractivity contribution in [3.05, 3.63) is 0 Å². The van der Waals surface area contributed by atoms with Crippen molar-refractivity contribution in [3.63, 3.8) is 0 Å². The summed E-state index contributed by atoms with van der Waals surface area (Å²) in [7, 11) is 4.05. The zero-order valence-corrected chi connectivity index (χ0v) is 9.16. The SMILES string of the molecule is BC1O[C@@]2(COC)CC3CCC[C@H]1C32. The Morgan fingerprint density at radius 3 is 3.14 bits per heavy atom. The standard InChI is InChI=1S/C11H19BO2/c1-13-6-11-5-7-3-2-4-8(9(7)11)10(12)14-11/h7-10H,2-6,12H2,1H3/t7?,8-,9?,10?,11+/m0/s1. The molecule has 3 fully saturated rings. The maximum absolute atomic E-state index is 6.18. The van der Waals surface area contributed by atoms with Crippen LogP contribution >= 0.6 is 0 Å². The average Bonchev–Trinajstić information content (AvgIpc) is 2.38. The van der Waals surface area contributed by atoms with Crippen LogP contribution in [0.25, 0.3) is 0 Å². The van der Waals surface area contributed by atoms with Crippen LogP contribution in [0, 0.1) is 17.8 Å². The molecule has 0 bridgehead atoms. The number of hydrogen-bond donors (Lipinski definition) is 0. The molecule has 0 aromatic carbocycles. The minimum absolute atomic E-state index is 0.129. The van der Waals surface area contributed by atoms with E-state index in [1.54, 1.807) is 7.11 Å². The zero-order chi connectivity index (χ0) is 9.76. The van der Waals surface area contributed by atoms with Crippen LogP contribution in [0.4, 0.5) is 0 Å². The molecule has 2 saturated carbocycles. The largest absolute Gasteiger partial charge is 0.382 e. The van der Waals surface area contributed by atoms with Gasteiger partial charge in [0, 0.05) is 13.1 Å². The van der Waals surface area contributed by atoms with E-state index < -0.39 is 0 Å². The van der Waals surface area contributed by atoms with Gasteiger partial charge in [-0.05, 0) is 37.0 Å². The highest BCUT2D eigenvalue weighted by Gasteiger charge is 2.64. The summed E-state index contributed by atoms with van der Waals surface area (Å²) in [6.07, 6.45) is 5.49. The van der Waals surface area contributed by atoms with Gasteiger partial charge in [-0.25, -0.2) is 0 Å². The molecule has 0 radical (unpaired) electrons. The number of ether oxygens (including phenoxy) is 2. The van der Waals surface area contributed by atoms with Gasteiger partial charge in [-0.3, -0.25) is 0 Å². The van der Waals surface area contributed by atoms with E-state index >= 15 is 0 Å². The maximum Gasteiger partial charge on any atom is 0.139 e. The molecular formula is C11H19BO2. The minimum Gasteiger partial charge on any atom is -0.382 e. The zero-order valence-electron chi connectivity index (χ0n) is 9.16. The first-order chi connectivity index (χ1) is 6.77. The molecule has 1 aliphatic heterocycles. The van der Waals surface area contributed by atoms with Gasteiger partial charge in [0.15, 0.2) is 0 Å². The molecule has 1 heterocycles. The second-order valence-corrected chi connectivity index (χ2v) is 5.41. The topological polar surface area (TPSA) is 18.5 Å². The summed E-state index contributed by atoms with van der Waals surface area (Å²) in [4.78, 5) is 0. The van der Waals surface area contributed by atoms with Crippen molar-refractivity contribution < 1.29 is 9.47 Å². The Bertz CT molecular complexity index is 245. The molecule has 0 amide bonds. The van der Waals surface area contributed by atoms with Crippen LogP contribution in [-0.2, 0) is 9.47 Å². The van der Waals surface area contributed by atoms with Gasteiger partial charge in [0.05, 0.1) is 12.2 Å². The second kappa shape index (κ2) is 2.99. The summed E-state index contributed by atoms with van der Waals surface area (Å²) in [5, 5.41) is 0. The molecule has 3 heteroatoms. The third-order valence-electron chi connectivity index (χ3n) is 4.71. The Hall–Kier alpha value is -0.0151. The van der Waals surface area contributed by atoms with E-state index in [1.807, 2.05) is 0 Å². The van der Waals surface area contributed by atoms with Crippen LogP contribution in [0.1, 0.15) is 25.7 Å². The Balaban J connectivity index is 1.84. The summed E-state index contributed by atoms with van der Waals surface area (Å²) < 4.78 is 11.5. The van der Waals surface area contributed by atoms with Crippen LogP contribution < -0.4 is 0 Å². The summed E-state index contributed by atoms with van der Waals surface area (Å²) in [6.45, 7) is 0.814. The summed E-state index contributed by atoms with van der Waals surface area (Å²) in [5.41, 5.74) is 0.129. The predicted octanol–water partition coefficient (Wildman–Crippen LogP) is 0.797. The molecule has 78 valence electrons. The van der Waals surface area contributed by atoms with Gasteiger partial charge >= 0.3 is 0 Å². The molecule has 5 atom stereocenters. The van der Waals surface area contributed by atoms with E-state index in [0.717, 1.165) is 24.4 Å². The molecule has 3 unspecified atom stereocenters. The molecule has 0 aromatic rings. The van der Waals surface area contributed by atoms with Crippen LogP contribution in [0.5, 0.6) is 0 Å². The van der Waals surface area contributed by atoms with Crippen molar-refractivity contribution in [2.45, 2.75) is 37.3 Å². The van der Waals surface area contributed by atoms with Crippen molar-refractivity contribution >= 4 is 7.85 Å². The molecule has 14 heavy (non-hydrogen) atoms. The highest BCUT2D eigenvalue weighted by atomic mass is 16.6. The lowest BCUT2D eigenvalue weighted by atomic mass is 9.52. The van der Waals surface area contributed by atoms with Gasteiger partial charge in [-0.1, -0.05) is 6.42 Å². The third-order valence-corrected chi connectivity index (χ3v) is 4.71. The van der Waals surface area contributed by atoms with Crippen LogP contribution in [-0.4, -0.2) is 33.2 Å². The van der Waals surface area contributed by atoms with Gasteiger partial charge in [0.2, 0.25) is 0 Å². The molecule has 3 rings (SSSR count). The molecular weight excluding hydrogens is 175 g/mol. The third kappa shape index (κ3) is 1.00. The van der Waals surface area contributed by atoms with Crippen molar-refractivity contribution in [1.29, 1.82) is 0 Å². The van der Waals surface area contributed by atoms with Crippen molar-refractivity contribution in [2.24, 2.45) is 17.8 Å². The number of hydrogen-bond acceptors (Lipinski definition) is 2. The lowest BCUT2D eigenvalue weighted by Crippen LogP contribution is -2.57.